The number of hydrogen-bond donors (Lipinski definition) is 0. The lowest BCUT2D eigenvalue weighted by molar-refractivity contribution is 0.399. The zero-order chi connectivity index (χ0) is 5.70. The molecule has 0 fully saturated rings. The second kappa shape index (κ2) is 5.58. The number of rotatable bonds is 3. The van der Waals surface area contributed by atoms with E-state index in [9.17, 15) is 0 Å². The first-order valence-corrected chi connectivity index (χ1v) is 5.77. The minimum absolute atomic E-state index is 0.582. The van der Waals surface area contributed by atoms with Crippen molar-refractivity contribution in [2.45, 2.75) is 0 Å². The van der Waals surface area contributed by atoms with Gasteiger partial charge < -0.3 is 4.52 Å². The lowest BCUT2D eigenvalue weighted by Gasteiger charge is -1.96. The molecule has 0 aliphatic rings. The molecule has 0 bridgehead atoms. The lowest BCUT2D eigenvalue weighted by atomic mass is 10.9. The van der Waals surface area contributed by atoms with E-state index in [1.807, 2.05) is 0 Å². The van der Waals surface area contributed by atoms with Gasteiger partial charge in [-0.3, -0.25) is 0 Å². The van der Waals surface area contributed by atoms with Crippen molar-refractivity contribution in [2.75, 3.05) is 11.9 Å². The van der Waals surface area contributed by atoms with Crippen LogP contribution in [0.5, 0.6) is 0 Å². The predicted molar refractivity (Wildman–Crippen MR) is 38.4 cm³/mol. The van der Waals surface area contributed by atoms with Gasteiger partial charge in [-0.25, -0.2) is 0 Å². The zero-order valence-corrected chi connectivity index (χ0v) is 7.40. The number of halogens is 3. The van der Waals surface area contributed by atoms with Gasteiger partial charge in [0.1, 0.15) is 0 Å². The van der Waals surface area contributed by atoms with Crippen molar-refractivity contribution >= 4 is 45.3 Å². The van der Waals surface area contributed by atoms with Crippen molar-refractivity contribution < 1.29 is 4.52 Å². The maximum Gasteiger partial charge on any atom is 0.225 e. The SMILES string of the molecule is ClP(Cl)OCCBr. The summed E-state index contributed by atoms with van der Waals surface area (Å²) in [5, 5.41) is 0.783. The van der Waals surface area contributed by atoms with Crippen LogP contribution in [0, 0.1) is 0 Å². The van der Waals surface area contributed by atoms with E-state index in [2.05, 4.69) is 15.9 Å². The van der Waals surface area contributed by atoms with Gasteiger partial charge in [0.15, 0.2) is 0 Å². The Balaban J connectivity index is 2.68. The van der Waals surface area contributed by atoms with Gasteiger partial charge in [-0.15, -0.1) is 0 Å². The molecule has 0 amide bonds. The van der Waals surface area contributed by atoms with Gasteiger partial charge in [-0.1, -0.05) is 15.9 Å². The first-order chi connectivity index (χ1) is 3.27. The van der Waals surface area contributed by atoms with Crippen molar-refractivity contribution in [1.29, 1.82) is 0 Å². The third kappa shape index (κ3) is 7.45. The van der Waals surface area contributed by atoms with Crippen molar-refractivity contribution in [3.8, 4) is 0 Å². The van der Waals surface area contributed by atoms with Crippen LogP contribution in [0.1, 0.15) is 0 Å². The third-order valence-electron chi connectivity index (χ3n) is 0.266. The Bertz CT molecular complexity index is 44.7. The number of alkyl halides is 1. The predicted octanol–water partition coefficient (Wildman–Crippen LogP) is 3.10. The van der Waals surface area contributed by atoms with Gasteiger partial charge in [0, 0.05) is 5.33 Å². The summed E-state index contributed by atoms with van der Waals surface area (Å²) in [5.41, 5.74) is 0. The van der Waals surface area contributed by atoms with E-state index in [1.54, 1.807) is 0 Å². The summed E-state index contributed by atoms with van der Waals surface area (Å²) < 4.78 is 4.74. The fourth-order valence-electron chi connectivity index (χ4n) is 0.104. The third-order valence-corrected chi connectivity index (χ3v) is 1.55. The van der Waals surface area contributed by atoms with Crippen molar-refractivity contribution in [2.24, 2.45) is 0 Å². The highest BCUT2D eigenvalue weighted by Gasteiger charge is 1.94. The van der Waals surface area contributed by atoms with Gasteiger partial charge in [-0.05, 0) is 22.5 Å². The molecule has 5 heteroatoms. The van der Waals surface area contributed by atoms with E-state index in [0.29, 0.717) is 6.61 Å². The van der Waals surface area contributed by atoms with Gasteiger partial charge in [0.25, 0.3) is 0 Å². The minimum Gasteiger partial charge on any atom is -0.331 e. The Labute approximate surface area is 61.9 Å². The molecule has 0 N–H and O–H groups in total. The maximum atomic E-state index is 5.24. The molecule has 0 atom stereocenters. The molecule has 0 spiro atoms. The first-order valence-electron chi connectivity index (χ1n) is 1.58. The average Bonchev–Trinajstić information content (AvgIpc) is 1.61. The monoisotopic (exact) mass is 224 g/mol. The Morgan fingerprint density at radius 3 is 2.29 bits per heavy atom. The Morgan fingerprint density at radius 2 is 2.14 bits per heavy atom. The highest BCUT2D eigenvalue weighted by atomic mass is 79.9. The van der Waals surface area contributed by atoms with E-state index >= 15 is 0 Å². The van der Waals surface area contributed by atoms with Crippen LogP contribution in [0.25, 0.3) is 0 Å². The molecule has 0 saturated heterocycles. The molecule has 1 nitrogen and oxygen atoms in total. The normalized spacial score (nSPS) is 10.3. The van der Waals surface area contributed by atoms with Crippen molar-refractivity contribution in [1.82, 2.24) is 0 Å². The largest absolute Gasteiger partial charge is 0.331 e. The average molecular weight is 226 g/mol. The van der Waals surface area contributed by atoms with Gasteiger partial charge in [-0.2, -0.15) is 0 Å². The Morgan fingerprint density at radius 1 is 1.57 bits per heavy atom. The summed E-state index contributed by atoms with van der Waals surface area (Å²) in [7, 11) is 0. The highest BCUT2D eigenvalue weighted by Crippen LogP contribution is 2.47. The Hall–Kier alpha value is 1.45. The zero-order valence-electron chi connectivity index (χ0n) is 3.40. The van der Waals surface area contributed by atoms with Crippen LogP contribution < -0.4 is 0 Å². The van der Waals surface area contributed by atoms with E-state index < -0.39 is 6.85 Å². The molecule has 0 aromatic carbocycles. The summed E-state index contributed by atoms with van der Waals surface area (Å²) in [6.07, 6.45) is 0. The van der Waals surface area contributed by atoms with Crippen LogP contribution in [0.3, 0.4) is 0 Å². The fraction of sp³-hybridized carbons (Fsp3) is 1.00. The summed E-state index contributed by atoms with van der Waals surface area (Å²) in [4.78, 5) is 0. The van der Waals surface area contributed by atoms with Crippen LogP contribution in [0.4, 0.5) is 0 Å². The van der Waals surface area contributed by atoms with Crippen LogP contribution in [-0.2, 0) is 4.52 Å². The topological polar surface area (TPSA) is 9.23 Å². The van der Waals surface area contributed by atoms with Crippen LogP contribution in [-0.4, -0.2) is 11.9 Å². The molecule has 0 aliphatic carbocycles. The fourth-order valence-corrected chi connectivity index (χ4v) is 1.16. The molecule has 0 radical (unpaired) electrons. The van der Waals surface area contributed by atoms with Gasteiger partial charge >= 0.3 is 0 Å². The van der Waals surface area contributed by atoms with Crippen LogP contribution in [0.15, 0.2) is 0 Å². The molecule has 0 unspecified atom stereocenters. The summed E-state index contributed by atoms with van der Waals surface area (Å²) in [6.45, 7) is -0.610. The van der Waals surface area contributed by atoms with Gasteiger partial charge in [0.2, 0.25) is 6.85 Å². The second-order valence-corrected chi connectivity index (χ2v) is 4.54. The second-order valence-electron chi connectivity index (χ2n) is 0.724. The highest BCUT2D eigenvalue weighted by molar-refractivity contribution is 9.09. The molecule has 0 rings (SSSR count). The van der Waals surface area contributed by atoms with Crippen LogP contribution >= 0.6 is 45.3 Å². The van der Waals surface area contributed by atoms with E-state index in [4.69, 9.17) is 27.0 Å². The Kier molecular flexibility index (Phi) is 6.74. The van der Waals surface area contributed by atoms with E-state index in [-0.39, 0.29) is 0 Å². The molecular weight excluding hydrogens is 222 g/mol. The summed E-state index contributed by atoms with van der Waals surface area (Å²) in [5.74, 6) is 0. The van der Waals surface area contributed by atoms with Gasteiger partial charge in [0.05, 0.1) is 6.61 Å². The maximum absolute atomic E-state index is 5.24. The minimum atomic E-state index is -1.19. The summed E-state index contributed by atoms with van der Waals surface area (Å²) >= 11 is 13.6. The molecule has 7 heavy (non-hydrogen) atoms. The number of hydrogen-bond acceptors (Lipinski definition) is 1. The molecule has 0 aromatic rings. The molecule has 0 heterocycles. The smallest absolute Gasteiger partial charge is 0.225 e. The standard InChI is InChI=1S/C2H4BrCl2OP/c3-1-2-6-7(4)5/h1-2H2. The quantitative estimate of drug-likeness (QED) is 0.530. The van der Waals surface area contributed by atoms with Crippen molar-refractivity contribution in [3.05, 3.63) is 0 Å². The molecule has 44 valence electrons. The molecule has 0 aliphatic heterocycles. The van der Waals surface area contributed by atoms with Crippen molar-refractivity contribution in [3.63, 3.8) is 0 Å². The van der Waals surface area contributed by atoms with E-state index in [1.165, 1.54) is 0 Å². The van der Waals surface area contributed by atoms with Crippen LogP contribution in [0.2, 0.25) is 0 Å². The molecular formula is C2H4BrCl2OP. The molecule has 0 aromatic heterocycles. The lowest BCUT2D eigenvalue weighted by Crippen LogP contribution is -1.82. The van der Waals surface area contributed by atoms with E-state index in [0.717, 1.165) is 5.33 Å². The summed E-state index contributed by atoms with van der Waals surface area (Å²) in [6, 6.07) is 0. The molecule has 0 saturated carbocycles. The first kappa shape index (κ1) is 8.45.